The van der Waals surface area contributed by atoms with Crippen LogP contribution in [-0.2, 0) is 15.8 Å². The van der Waals surface area contributed by atoms with Crippen LogP contribution in [0, 0.1) is 5.92 Å². The minimum Gasteiger partial charge on any atom is -0.491 e. The average Bonchev–Trinajstić information content (AvgIpc) is 3.03. The Morgan fingerprint density at radius 3 is 2.77 bits per heavy atom. The maximum Gasteiger partial charge on any atom is 0.416 e. The highest BCUT2D eigenvalue weighted by Crippen LogP contribution is 2.32. The summed E-state index contributed by atoms with van der Waals surface area (Å²) in [7, 11) is 0. The molecule has 2 N–H and O–H groups in total. The van der Waals surface area contributed by atoms with Gasteiger partial charge in [-0.15, -0.1) is 0 Å². The molecular weight excluding hydrogens is 421 g/mol. The molecule has 164 valence electrons. The van der Waals surface area contributed by atoms with Crippen molar-refractivity contribution in [2.45, 2.75) is 36.8 Å². The Morgan fingerprint density at radius 1 is 1.30 bits per heavy atom. The summed E-state index contributed by atoms with van der Waals surface area (Å²) in [5, 5.41) is 18.6. The zero-order valence-corrected chi connectivity index (χ0v) is 16.9. The third-order valence-electron chi connectivity index (χ3n) is 4.38. The van der Waals surface area contributed by atoms with E-state index in [2.05, 4.69) is 0 Å². The predicted molar refractivity (Wildman–Crippen MR) is 107 cm³/mol. The van der Waals surface area contributed by atoms with Crippen LogP contribution >= 0.6 is 11.8 Å². The molecule has 0 heterocycles. The number of carboxylic acid groups (broad SMARTS) is 1. The lowest BCUT2D eigenvalue weighted by atomic mass is 10.0. The Hall–Kier alpha value is -2.26. The highest BCUT2D eigenvalue weighted by atomic mass is 32.2. The first-order chi connectivity index (χ1) is 14.2. The van der Waals surface area contributed by atoms with E-state index in [1.807, 2.05) is 0 Å². The molecule has 1 aliphatic carbocycles. The molecule has 1 aromatic rings. The molecule has 0 fully saturated rings. The summed E-state index contributed by atoms with van der Waals surface area (Å²) in [6.45, 7) is -0.168. The van der Waals surface area contributed by atoms with E-state index in [1.165, 1.54) is 30.0 Å². The number of aliphatic carboxylic acids is 1. The SMILES string of the molecule is O=C(O)CC/C=C\CC1C(=O)C=CC1SCC(O)COc1cccc(C(F)(F)F)c1. The van der Waals surface area contributed by atoms with Crippen LogP contribution in [0.2, 0.25) is 0 Å². The highest BCUT2D eigenvalue weighted by molar-refractivity contribution is 8.00. The molecule has 30 heavy (non-hydrogen) atoms. The monoisotopic (exact) mass is 444 g/mol. The molecule has 0 saturated carbocycles. The number of carbonyl (C=O) groups excluding carboxylic acids is 1. The van der Waals surface area contributed by atoms with Crippen molar-refractivity contribution >= 4 is 23.5 Å². The van der Waals surface area contributed by atoms with Crippen molar-refractivity contribution in [2.24, 2.45) is 5.92 Å². The fraction of sp³-hybridized carbons (Fsp3) is 0.429. The van der Waals surface area contributed by atoms with Crippen LogP contribution in [0.15, 0.2) is 48.6 Å². The van der Waals surface area contributed by atoms with Crippen molar-refractivity contribution in [2.75, 3.05) is 12.4 Å². The summed E-state index contributed by atoms with van der Waals surface area (Å²) < 4.78 is 43.4. The number of benzene rings is 1. The Kier molecular flexibility index (Phi) is 8.98. The minimum atomic E-state index is -4.47. The number of aliphatic hydroxyl groups is 1. The number of ether oxygens (including phenoxy) is 1. The van der Waals surface area contributed by atoms with Crippen molar-refractivity contribution in [1.29, 1.82) is 0 Å². The van der Waals surface area contributed by atoms with Crippen LogP contribution in [0.3, 0.4) is 0 Å². The molecule has 1 aliphatic rings. The third-order valence-corrected chi connectivity index (χ3v) is 5.83. The molecule has 3 unspecified atom stereocenters. The Balaban J connectivity index is 1.77. The van der Waals surface area contributed by atoms with E-state index in [4.69, 9.17) is 9.84 Å². The van der Waals surface area contributed by atoms with Crippen LogP contribution in [0.4, 0.5) is 13.2 Å². The van der Waals surface area contributed by atoms with Crippen LogP contribution in [0.5, 0.6) is 5.75 Å². The molecule has 0 amide bonds. The number of alkyl halides is 3. The fourth-order valence-electron chi connectivity index (χ4n) is 2.82. The summed E-state index contributed by atoms with van der Waals surface area (Å²) in [4.78, 5) is 22.5. The summed E-state index contributed by atoms with van der Waals surface area (Å²) in [6, 6.07) is 4.45. The van der Waals surface area contributed by atoms with Crippen molar-refractivity contribution in [1.82, 2.24) is 0 Å². The van der Waals surface area contributed by atoms with E-state index in [9.17, 15) is 27.9 Å². The van der Waals surface area contributed by atoms with Gasteiger partial charge in [0.05, 0.1) is 11.7 Å². The van der Waals surface area contributed by atoms with Gasteiger partial charge in [-0.3, -0.25) is 9.59 Å². The lowest BCUT2D eigenvalue weighted by Crippen LogP contribution is -2.24. The minimum absolute atomic E-state index is 0.0224. The van der Waals surface area contributed by atoms with Gasteiger partial charge in [-0.2, -0.15) is 24.9 Å². The molecular formula is C21H23F3O5S. The first kappa shape index (κ1) is 24.0. The maximum absolute atomic E-state index is 12.7. The molecule has 0 spiro atoms. The van der Waals surface area contributed by atoms with Gasteiger partial charge in [-0.1, -0.05) is 24.3 Å². The second-order valence-corrected chi connectivity index (χ2v) is 8.01. The maximum atomic E-state index is 12.7. The number of carbonyl (C=O) groups is 2. The van der Waals surface area contributed by atoms with Gasteiger partial charge in [0.1, 0.15) is 12.4 Å². The second-order valence-electron chi connectivity index (χ2n) is 6.80. The number of hydrogen-bond acceptors (Lipinski definition) is 5. The first-order valence-electron chi connectivity index (χ1n) is 9.35. The van der Waals surface area contributed by atoms with Gasteiger partial charge >= 0.3 is 12.1 Å². The summed E-state index contributed by atoms with van der Waals surface area (Å²) in [5.41, 5.74) is -0.822. The van der Waals surface area contributed by atoms with E-state index in [-0.39, 0.29) is 41.5 Å². The van der Waals surface area contributed by atoms with Crippen LogP contribution in [0.1, 0.15) is 24.8 Å². The smallest absolute Gasteiger partial charge is 0.416 e. The first-order valence-corrected chi connectivity index (χ1v) is 10.4. The zero-order chi connectivity index (χ0) is 22.1. The molecule has 2 rings (SSSR count). The van der Waals surface area contributed by atoms with Gasteiger partial charge in [0.2, 0.25) is 0 Å². The normalized spacial score (nSPS) is 20.1. The summed E-state index contributed by atoms with van der Waals surface area (Å²) >= 11 is 1.37. The Bertz CT molecular complexity index is 791. The number of thioether (sulfide) groups is 1. The molecule has 1 aromatic carbocycles. The van der Waals surface area contributed by atoms with E-state index in [0.717, 1.165) is 12.1 Å². The van der Waals surface area contributed by atoms with Gasteiger partial charge in [0, 0.05) is 23.3 Å². The summed E-state index contributed by atoms with van der Waals surface area (Å²) in [6.07, 6.45) is 2.31. The van der Waals surface area contributed by atoms with Crippen LogP contribution < -0.4 is 4.74 Å². The fourth-order valence-corrected chi connectivity index (χ4v) is 4.03. The average molecular weight is 444 g/mol. The highest BCUT2D eigenvalue weighted by Gasteiger charge is 2.31. The van der Waals surface area contributed by atoms with E-state index < -0.39 is 23.8 Å². The number of halogens is 3. The number of hydrogen-bond donors (Lipinski definition) is 2. The second kappa shape index (κ2) is 11.2. The van der Waals surface area contributed by atoms with Crippen LogP contribution in [0.25, 0.3) is 0 Å². The predicted octanol–water partition coefficient (Wildman–Crippen LogP) is 4.11. The van der Waals surface area contributed by atoms with Crippen molar-refractivity contribution in [3.63, 3.8) is 0 Å². The zero-order valence-electron chi connectivity index (χ0n) is 16.0. The van der Waals surface area contributed by atoms with Gasteiger partial charge < -0.3 is 14.9 Å². The van der Waals surface area contributed by atoms with Gasteiger partial charge in [-0.25, -0.2) is 0 Å². The number of rotatable bonds is 11. The van der Waals surface area contributed by atoms with E-state index >= 15 is 0 Å². The molecule has 0 bridgehead atoms. The lowest BCUT2D eigenvalue weighted by molar-refractivity contribution is -0.138. The van der Waals surface area contributed by atoms with Gasteiger partial charge in [0.15, 0.2) is 5.78 Å². The number of carboxylic acids is 1. The van der Waals surface area contributed by atoms with Gasteiger partial charge in [0.25, 0.3) is 0 Å². The van der Waals surface area contributed by atoms with Crippen molar-refractivity contribution in [3.8, 4) is 5.75 Å². The quantitative estimate of drug-likeness (QED) is 0.500. The number of allylic oxidation sites excluding steroid dienone is 3. The molecule has 5 nitrogen and oxygen atoms in total. The molecule has 0 radical (unpaired) electrons. The number of aliphatic hydroxyl groups excluding tert-OH is 1. The number of ketones is 1. The molecule has 3 atom stereocenters. The van der Waals surface area contributed by atoms with Crippen LogP contribution in [-0.4, -0.2) is 45.7 Å². The van der Waals surface area contributed by atoms with Crippen molar-refractivity contribution in [3.05, 3.63) is 54.1 Å². The molecule has 9 heteroatoms. The Labute approximate surface area is 176 Å². The third kappa shape index (κ3) is 7.87. The molecule has 0 aromatic heterocycles. The van der Waals surface area contributed by atoms with E-state index in [1.54, 1.807) is 18.2 Å². The molecule has 0 aliphatic heterocycles. The largest absolute Gasteiger partial charge is 0.491 e. The van der Waals surface area contributed by atoms with E-state index in [0.29, 0.717) is 12.8 Å². The molecule has 0 saturated heterocycles. The standard InChI is InChI=1S/C21H23F3O5S/c22-21(23,24)14-5-4-6-16(11-14)29-12-15(25)13-30-19-10-9-18(26)17(19)7-2-1-3-8-20(27)28/h1-2,4-6,9-11,15,17,19,25H,3,7-8,12-13H2,(H,27,28)/b2-1-. The van der Waals surface area contributed by atoms with Crippen molar-refractivity contribution < 1.29 is 37.7 Å². The van der Waals surface area contributed by atoms with Gasteiger partial charge in [-0.05, 0) is 37.1 Å². The summed E-state index contributed by atoms with van der Waals surface area (Å²) in [5.74, 6) is -0.916. The topological polar surface area (TPSA) is 83.8 Å². The Morgan fingerprint density at radius 2 is 2.07 bits per heavy atom. The lowest BCUT2D eigenvalue weighted by Gasteiger charge is -2.19.